The Bertz CT molecular complexity index is 1130. The Morgan fingerprint density at radius 3 is 2.63 bits per heavy atom. The molecule has 0 saturated heterocycles. The number of hydrogen-bond acceptors (Lipinski definition) is 3. The molecule has 4 heteroatoms. The third-order valence-corrected chi connectivity index (χ3v) is 4.91. The molecular formula is C23H21N3O. The van der Waals surface area contributed by atoms with E-state index in [4.69, 9.17) is 0 Å². The number of benzene rings is 2. The number of pyridine rings is 1. The summed E-state index contributed by atoms with van der Waals surface area (Å²) in [6.07, 6.45) is 2.86. The van der Waals surface area contributed by atoms with Crippen molar-refractivity contribution in [2.24, 2.45) is 0 Å². The number of para-hydroxylation sites is 2. The van der Waals surface area contributed by atoms with Crippen LogP contribution in [0.15, 0.2) is 66.9 Å². The number of Topliss-reactive ketones (excluding diaryl/α,β-unsaturated/α-hetero) is 1. The van der Waals surface area contributed by atoms with Crippen molar-refractivity contribution in [1.82, 2.24) is 14.8 Å². The predicted octanol–water partition coefficient (Wildman–Crippen LogP) is 4.72. The molecule has 0 aliphatic rings. The summed E-state index contributed by atoms with van der Waals surface area (Å²) in [7, 11) is 0. The number of fused-ring (bicyclic) bond motifs is 1. The van der Waals surface area contributed by atoms with Crippen LogP contribution in [-0.2, 0) is 12.8 Å². The average Bonchev–Trinajstić information content (AvgIpc) is 3.09. The Hall–Kier alpha value is -3.27. The van der Waals surface area contributed by atoms with E-state index in [9.17, 15) is 4.79 Å². The SMILES string of the molecule is CCc1ccccc1-n1ncc(C(=O)Cc2ccc3ccccc3n2)c1C. The fourth-order valence-corrected chi connectivity index (χ4v) is 3.41. The van der Waals surface area contributed by atoms with E-state index in [1.165, 1.54) is 5.56 Å². The third kappa shape index (κ3) is 3.26. The fourth-order valence-electron chi connectivity index (χ4n) is 3.41. The second kappa shape index (κ2) is 7.16. The molecule has 0 spiro atoms. The number of nitrogens with zero attached hydrogens (tertiary/aromatic N) is 3. The van der Waals surface area contributed by atoms with E-state index < -0.39 is 0 Å². The standard InChI is InChI=1S/C23H21N3O/c1-3-17-8-5-7-11-22(17)26-16(2)20(15-24-26)23(27)14-19-13-12-18-9-4-6-10-21(18)25-19/h4-13,15H,3,14H2,1-2H3. The number of ketones is 1. The lowest BCUT2D eigenvalue weighted by Crippen LogP contribution is -2.08. The molecule has 0 amide bonds. The Balaban J connectivity index is 1.63. The van der Waals surface area contributed by atoms with Gasteiger partial charge in [0, 0.05) is 11.1 Å². The number of carbonyl (C=O) groups is 1. The van der Waals surface area contributed by atoms with Crippen molar-refractivity contribution in [3.05, 3.63) is 89.4 Å². The highest BCUT2D eigenvalue weighted by Crippen LogP contribution is 2.20. The first-order valence-electron chi connectivity index (χ1n) is 9.18. The van der Waals surface area contributed by atoms with Gasteiger partial charge in [0.2, 0.25) is 0 Å². The van der Waals surface area contributed by atoms with E-state index in [1.807, 2.05) is 66.2 Å². The maximum atomic E-state index is 12.9. The van der Waals surface area contributed by atoms with Crippen LogP contribution in [0.4, 0.5) is 0 Å². The maximum Gasteiger partial charge on any atom is 0.172 e. The number of carbonyl (C=O) groups excluding carboxylic acids is 1. The first-order chi connectivity index (χ1) is 13.2. The molecule has 4 nitrogen and oxygen atoms in total. The number of hydrogen-bond donors (Lipinski definition) is 0. The molecule has 0 aliphatic heterocycles. The van der Waals surface area contributed by atoms with E-state index in [1.54, 1.807) is 6.20 Å². The van der Waals surface area contributed by atoms with Gasteiger partial charge >= 0.3 is 0 Å². The van der Waals surface area contributed by atoms with Gasteiger partial charge in [-0.25, -0.2) is 4.68 Å². The Morgan fingerprint density at radius 2 is 1.78 bits per heavy atom. The zero-order chi connectivity index (χ0) is 18.8. The molecular weight excluding hydrogens is 334 g/mol. The van der Waals surface area contributed by atoms with Gasteiger partial charge in [-0.15, -0.1) is 0 Å². The molecule has 0 bridgehead atoms. The molecule has 2 aromatic carbocycles. The van der Waals surface area contributed by atoms with Gasteiger partial charge in [-0.05, 0) is 37.1 Å². The zero-order valence-electron chi connectivity index (χ0n) is 15.5. The highest BCUT2D eigenvalue weighted by molar-refractivity contribution is 5.98. The van der Waals surface area contributed by atoms with Gasteiger partial charge in [-0.2, -0.15) is 5.10 Å². The Labute approximate surface area is 158 Å². The van der Waals surface area contributed by atoms with Crippen LogP contribution in [0.1, 0.15) is 34.2 Å². The highest BCUT2D eigenvalue weighted by atomic mass is 16.1. The zero-order valence-corrected chi connectivity index (χ0v) is 15.5. The number of aryl methyl sites for hydroxylation is 1. The van der Waals surface area contributed by atoms with Crippen LogP contribution in [0.3, 0.4) is 0 Å². The molecule has 0 aliphatic carbocycles. The first-order valence-corrected chi connectivity index (χ1v) is 9.18. The molecule has 2 heterocycles. The fraction of sp³-hybridized carbons (Fsp3) is 0.174. The van der Waals surface area contributed by atoms with Crippen LogP contribution in [0.2, 0.25) is 0 Å². The van der Waals surface area contributed by atoms with E-state index >= 15 is 0 Å². The van der Waals surface area contributed by atoms with Gasteiger partial charge in [0.15, 0.2) is 5.78 Å². The van der Waals surface area contributed by atoms with Gasteiger partial charge in [0.1, 0.15) is 0 Å². The molecule has 2 aromatic heterocycles. The summed E-state index contributed by atoms with van der Waals surface area (Å²) in [5, 5.41) is 5.56. The van der Waals surface area contributed by atoms with Gasteiger partial charge in [0.05, 0.1) is 35.1 Å². The summed E-state index contributed by atoms with van der Waals surface area (Å²) < 4.78 is 1.86. The Kier molecular flexibility index (Phi) is 4.55. The van der Waals surface area contributed by atoms with Crippen molar-refractivity contribution >= 4 is 16.7 Å². The normalized spacial score (nSPS) is 11.0. The van der Waals surface area contributed by atoms with E-state index in [0.717, 1.165) is 34.4 Å². The van der Waals surface area contributed by atoms with E-state index in [0.29, 0.717) is 5.56 Å². The van der Waals surface area contributed by atoms with Crippen molar-refractivity contribution in [1.29, 1.82) is 0 Å². The van der Waals surface area contributed by atoms with Crippen LogP contribution in [-0.4, -0.2) is 20.5 Å². The molecule has 0 radical (unpaired) electrons. The van der Waals surface area contributed by atoms with Crippen LogP contribution in [0.25, 0.3) is 16.6 Å². The molecule has 27 heavy (non-hydrogen) atoms. The van der Waals surface area contributed by atoms with Crippen LogP contribution in [0.5, 0.6) is 0 Å². The average molecular weight is 355 g/mol. The summed E-state index contributed by atoms with van der Waals surface area (Å²) >= 11 is 0. The van der Waals surface area contributed by atoms with Crippen LogP contribution in [0, 0.1) is 6.92 Å². The first kappa shape index (κ1) is 17.2. The second-order valence-electron chi connectivity index (χ2n) is 6.63. The summed E-state index contributed by atoms with van der Waals surface area (Å²) in [5.74, 6) is 0.0375. The van der Waals surface area contributed by atoms with Crippen LogP contribution >= 0.6 is 0 Å². The lowest BCUT2D eigenvalue weighted by atomic mass is 10.1. The number of aromatic nitrogens is 3. The lowest BCUT2D eigenvalue weighted by Gasteiger charge is -2.10. The Morgan fingerprint density at radius 1 is 1.00 bits per heavy atom. The molecule has 0 saturated carbocycles. The predicted molar refractivity (Wildman–Crippen MR) is 107 cm³/mol. The summed E-state index contributed by atoms with van der Waals surface area (Å²) in [6, 6.07) is 20.0. The van der Waals surface area contributed by atoms with Crippen molar-refractivity contribution in [2.45, 2.75) is 26.7 Å². The molecule has 4 rings (SSSR count). The maximum absolute atomic E-state index is 12.9. The van der Waals surface area contributed by atoms with Crippen molar-refractivity contribution in [2.75, 3.05) is 0 Å². The topological polar surface area (TPSA) is 47.8 Å². The van der Waals surface area contributed by atoms with Crippen molar-refractivity contribution in [3.63, 3.8) is 0 Å². The van der Waals surface area contributed by atoms with Crippen LogP contribution < -0.4 is 0 Å². The summed E-state index contributed by atoms with van der Waals surface area (Å²) in [5.41, 5.74) is 5.43. The van der Waals surface area contributed by atoms with Gasteiger partial charge in [-0.3, -0.25) is 9.78 Å². The molecule has 4 aromatic rings. The van der Waals surface area contributed by atoms with Crippen molar-refractivity contribution < 1.29 is 4.79 Å². The largest absolute Gasteiger partial charge is 0.294 e. The monoisotopic (exact) mass is 355 g/mol. The highest BCUT2D eigenvalue weighted by Gasteiger charge is 2.17. The van der Waals surface area contributed by atoms with Gasteiger partial charge < -0.3 is 0 Å². The molecule has 0 N–H and O–H groups in total. The number of rotatable bonds is 5. The van der Waals surface area contributed by atoms with Gasteiger partial charge in [0.25, 0.3) is 0 Å². The molecule has 0 unspecified atom stereocenters. The molecule has 134 valence electrons. The summed E-state index contributed by atoms with van der Waals surface area (Å²) in [6.45, 7) is 4.07. The van der Waals surface area contributed by atoms with Gasteiger partial charge in [-0.1, -0.05) is 49.4 Å². The molecule has 0 fully saturated rings. The minimum Gasteiger partial charge on any atom is -0.294 e. The minimum absolute atomic E-state index is 0.0375. The van der Waals surface area contributed by atoms with E-state index in [2.05, 4.69) is 23.1 Å². The second-order valence-corrected chi connectivity index (χ2v) is 6.63. The van der Waals surface area contributed by atoms with E-state index in [-0.39, 0.29) is 12.2 Å². The smallest absolute Gasteiger partial charge is 0.172 e. The summed E-state index contributed by atoms with van der Waals surface area (Å²) in [4.78, 5) is 17.5. The molecule has 0 atom stereocenters. The quantitative estimate of drug-likeness (QED) is 0.487. The lowest BCUT2D eigenvalue weighted by molar-refractivity contribution is 0.0991. The third-order valence-electron chi connectivity index (χ3n) is 4.91. The minimum atomic E-state index is 0.0375. The van der Waals surface area contributed by atoms with Crippen molar-refractivity contribution in [3.8, 4) is 5.69 Å².